The number of carbonyl (C=O) groups excluding carboxylic acids is 2. The number of anilines is 1. The molecule has 3 aromatic rings. The summed E-state index contributed by atoms with van der Waals surface area (Å²) < 4.78 is 15.5. The molecule has 3 N–H and O–H groups in total. The van der Waals surface area contributed by atoms with E-state index < -0.39 is 11.8 Å². The minimum absolute atomic E-state index is 0.0752. The molecule has 2 aliphatic rings. The molecule has 0 bridgehead atoms. The first-order chi connectivity index (χ1) is 14.6. The van der Waals surface area contributed by atoms with Crippen molar-refractivity contribution >= 4 is 34.0 Å². The van der Waals surface area contributed by atoms with E-state index in [2.05, 4.69) is 15.2 Å². The van der Waals surface area contributed by atoms with E-state index in [4.69, 9.17) is 0 Å². The summed E-state index contributed by atoms with van der Waals surface area (Å²) in [6, 6.07) is 13.4. The van der Waals surface area contributed by atoms with Crippen molar-refractivity contribution in [3.63, 3.8) is 0 Å². The van der Waals surface area contributed by atoms with Crippen LogP contribution in [0.1, 0.15) is 17.7 Å². The molecule has 0 saturated heterocycles. The van der Waals surface area contributed by atoms with Gasteiger partial charge in [0.2, 0.25) is 0 Å². The monoisotopic (exact) mass is 405 g/mol. The van der Waals surface area contributed by atoms with Crippen LogP contribution in [0.15, 0.2) is 54.2 Å². The van der Waals surface area contributed by atoms with Gasteiger partial charge in [-0.2, -0.15) is 0 Å². The number of benzene rings is 2. The highest BCUT2D eigenvalue weighted by molar-refractivity contribution is 6.38. The Balaban J connectivity index is 1.72. The van der Waals surface area contributed by atoms with Gasteiger partial charge in [-0.05, 0) is 49.1 Å². The molecule has 30 heavy (non-hydrogen) atoms. The first-order valence-corrected chi connectivity index (χ1v) is 9.90. The summed E-state index contributed by atoms with van der Waals surface area (Å²) in [7, 11) is 0. The van der Waals surface area contributed by atoms with E-state index in [-0.39, 0.29) is 29.6 Å². The summed E-state index contributed by atoms with van der Waals surface area (Å²) >= 11 is 0. The van der Waals surface area contributed by atoms with Gasteiger partial charge >= 0.3 is 0 Å². The van der Waals surface area contributed by atoms with Gasteiger partial charge in [-0.25, -0.2) is 4.39 Å². The van der Waals surface area contributed by atoms with Crippen LogP contribution in [0.4, 0.5) is 10.1 Å². The topological polar surface area (TPSA) is 83.4 Å². The fourth-order valence-corrected chi connectivity index (χ4v) is 4.44. The van der Waals surface area contributed by atoms with Gasteiger partial charge in [0.05, 0.1) is 5.57 Å². The minimum Gasteiger partial charge on any atom is -0.396 e. The summed E-state index contributed by atoms with van der Waals surface area (Å²) in [5.41, 5.74) is 3.61. The molecule has 0 fully saturated rings. The van der Waals surface area contributed by atoms with Gasteiger partial charge in [-0.3, -0.25) is 14.9 Å². The lowest BCUT2D eigenvalue weighted by Gasteiger charge is -2.24. The second-order valence-electron chi connectivity index (χ2n) is 7.70. The molecular weight excluding hydrogens is 385 g/mol. The molecule has 152 valence electrons. The maximum Gasteiger partial charge on any atom is 0.275 e. The van der Waals surface area contributed by atoms with Gasteiger partial charge < -0.3 is 15.0 Å². The van der Waals surface area contributed by atoms with Crippen molar-refractivity contribution in [3.05, 3.63) is 71.3 Å². The van der Waals surface area contributed by atoms with Gasteiger partial charge in [-0.1, -0.05) is 18.2 Å². The van der Waals surface area contributed by atoms with Crippen LogP contribution in [0, 0.1) is 11.7 Å². The molecule has 2 aromatic carbocycles. The third kappa shape index (κ3) is 2.90. The average molecular weight is 405 g/mol. The largest absolute Gasteiger partial charge is 0.396 e. The first-order valence-electron chi connectivity index (χ1n) is 9.90. The average Bonchev–Trinajstić information content (AvgIpc) is 3.22. The van der Waals surface area contributed by atoms with Crippen molar-refractivity contribution in [1.29, 1.82) is 0 Å². The van der Waals surface area contributed by atoms with Gasteiger partial charge in [0, 0.05) is 41.0 Å². The number of aryl methyl sites for hydroxylation is 1. The Hall–Kier alpha value is -3.45. The minimum atomic E-state index is -0.516. The number of hydrogen-bond acceptors (Lipinski definition) is 4. The van der Waals surface area contributed by atoms with Gasteiger partial charge in [0.1, 0.15) is 11.5 Å². The Morgan fingerprint density at radius 3 is 2.63 bits per heavy atom. The Morgan fingerprint density at radius 1 is 1.10 bits per heavy atom. The van der Waals surface area contributed by atoms with Crippen LogP contribution < -0.4 is 10.6 Å². The number of amides is 2. The predicted octanol–water partition coefficient (Wildman–Crippen LogP) is 2.81. The van der Waals surface area contributed by atoms with Crippen LogP contribution in [0.5, 0.6) is 0 Å². The molecule has 5 rings (SSSR count). The summed E-state index contributed by atoms with van der Waals surface area (Å²) in [6.07, 6.45) is 1.47. The quantitative estimate of drug-likeness (QED) is 0.583. The van der Waals surface area contributed by atoms with Crippen LogP contribution in [0.2, 0.25) is 0 Å². The molecular formula is C23H20FN3O3. The number of nitrogens with one attached hydrogen (secondary N) is 2. The summed E-state index contributed by atoms with van der Waals surface area (Å²) in [5, 5.41) is 16.0. The molecule has 0 spiro atoms. The lowest BCUT2D eigenvalue weighted by molar-refractivity contribution is -0.123. The number of para-hydroxylation sites is 1. The van der Waals surface area contributed by atoms with Gasteiger partial charge in [0.25, 0.3) is 11.8 Å². The molecule has 2 aliphatic heterocycles. The number of halogens is 1. The van der Waals surface area contributed by atoms with E-state index in [0.29, 0.717) is 12.1 Å². The molecule has 2 amide bonds. The lowest BCUT2D eigenvalue weighted by atomic mass is 9.92. The van der Waals surface area contributed by atoms with E-state index in [9.17, 15) is 19.1 Å². The van der Waals surface area contributed by atoms with Crippen molar-refractivity contribution in [2.45, 2.75) is 19.4 Å². The van der Waals surface area contributed by atoms with E-state index in [1.54, 1.807) is 0 Å². The van der Waals surface area contributed by atoms with E-state index in [0.717, 1.165) is 35.1 Å². The van der Waals surface area contributed by atoms with Crippen molar-refractivity contribution in [2.24, 2.45) is 5.92 Å². The normalized spacial score (nSPS) is 18.7. The molecule has 1 unspecified atom stereocenters. The second-order valence-corrected chi connectivity index (χ2v) is 7.70. The number of carbonyl (C=O) groups is 2. The maximum atomic E-state index is 13.3. The molecule has 7 heteroatoms. The predicted molar refractivity (Wildman–Crippen MR) is 111 cm³/mol. The summed E-state index contributed by atoms with van der Waals surface area (Å²) in [5.74, 6) is -1.26. The highest BCUT2D eigenvalue weighted by Crippen LogP contribution is 2.39. The Kier molecular flexibility index (Phi) is 4.40. The van der Waals surface area contributed by atoms with Crippen molar-refractivity contribution in [3.8, 4) is 0 Å². The molecule has 0 saturated carbocycles. The first kappa shape index (κ1) is 18.6. The number of aliphatic hydroxyl groups excluding tert-OH is 1. The third-order valence-corrected chi connectivity index (χ3v) is 5.87. The van der Waals surface area contributed by atoms with Crippen LogP contribution >= 0.6 is 0 Å². The van der Waals surface area contributed by atoms with E-state index >= 15 is 0 Å². The zero-order valence-corrected chi connectivity index (χ0v) is 16.1. The molecule has 1 aromatic heterocycles. The second kappa shape index (κ2) is 7.11. The standard InChI is InChI=1S/C23H20FN3O3/c24-14-5-7-15(8-6-14)25-21-20(22(29)26-23(21)30)19-16-3-1-2-4-17(16)27-10-9-13(12-28)11-18(19)27/h1-8,13,28H,9-12H2,(H2,25,26,29,30). The van der Waals surface area contributed by atoms with Crippen molar-refractivity contribution in [1.82, 2.24) is 9.88 Å². The van der Waals surface area contributed by atoms with Gasteiger partial charge in [0.15, 0.2) is 0 Å². The number of rotatable bonds is 4. The molecule has 0 aliphatic carbocycles. The number of aromatic nitrogens is 1. The van der Waals surface area contributed by atoms with Crippen LogP contribution in [-0.2, 0) is 22.6 Å². The Bertz CT molecular complexity index is 1210. The zero-order valence-electron chi connectivity index (χ0n) is 16.1. The Labute approximate surface area is 172 Å². The summed E-state index contributed by atoms with van der Waals surface area (Å²) in [4.78, 5) is 25.5. The highest BCUT2D eigenvalue weighted by Gasteiger charge is 2.36. The number of hydrogen-bond donors (Lipinski definition) is 3. The smallest absolute Gasteiger partial charge is 0.275 e. The molecule has 3 heterocycles. The van der Waals surface area contributed by atoms with Crippen LogP contribution in [-0.4, -0.2) is 28.1 Å². The molecule has 0 radical (unpaired) electrons. The molecule has 6 nitrogen and oxygen atoms in total. The number of fused-ring (bicyclic) bond motifs is 3. The van der Waals surface area contributed by atoms with Crippen molar-refractivity contribution in [2.75, 3.05) is 11.9 Å². The van der Waals surface area contributed by atoms with Crippen molar-refractivity contribution < 1.29 is 19.1 Å². The number of aliphatic hydroxyl groups is 1. The lowest BCUT2D eigenvalue weighted by Crippen LogP contribution is -2.25. The van der Waals surface area contributed by atoms with E-state index in [1.165, 1.54) is 24.3 Å². The SMILES string of the molecule is O=C1NC(=O)C(c2c3n(c4ccccc24)CCC(CO)C3)=C1Nc1ccc(F)cc1. The number of nitrogens with zero attached hydrogens (tertiary/aromatic N) is 1. The number of imide groups is 1. The Morgan fingerprint density at radius 2 is 1.87 bits per heavy atom. The fourth-order valence-electron chi connectivity index (χ4n) is 4.44. The van der Waals surface area contributed by atoms with Gasteiger partial charge in [-0.15, -0.1) is 0 Å². The maximum absolute atomic E-state index is 13.3. The van der Waals surface area contributed by atoms with Crippen LogP contribution in [0.3, 0.4) is 0 Å². The van der Waals surface area contributed by atoms with E-state index in [1.807, 2.05) is 24.3 Å². The third-order valence-electron chi connectivity index (χ3n) is 5.87. The van der Waals surface area contributed by atoms with Crippen LogP contribution in [0.25, 0.3) is 16.5 Å². The summed E-state index contributed by atoms with van der Waals surface area (Å²) in [6.45, 7) is 0.816. The highest BCUT2D eigenvalue weighted by atomic mass is 19.1. The fraction of sp³-hybridized carbons (Fsp3) is 0.217. The molecule has 1 atom stereocenters. The zero-order chi connectivity index (χ0) is 20.8.